The van der Waals surface area contributed by atoms with Gasteiger partial charge in [0.05, 0.1) is 13.1 Å². The molecule has 1 saturated heterocycles. The number of aliphatic carboxylic acids is 2. The molecule has 1 rings (SSSR count). The predicted octanol–water partition coefficient (Wildman–Crippen LogP) is -1.12. The fourth-order valence-electron chi connectivity index (χ4n) is 1.92. The second kappa shape index (κ2) is 3.93. The fraction of sp³-hybridized carbons (Fsp3) is 0.750. The molecule has 1 fully saturated rings. The van der Waals surface area contributed by atoms with E-state index < -0.39 is 11.9 Å². The summed E-state index contributed by atoms with van der Waals surface area (Å²) in [6.07, 6.45) is 0. The van der Waals surface area contributed by atoms with Gasteiger partial charge in [0.25, 0.3) is 0 Å². The lowest BCUT2D eigenvalue weighted by Gasteiger charge is -2.30. The zero-order valence-corrected chi connectivity index (χ0v) is 8.14. The summed E-state index contributed by atoms with van der Waals surface area (Å²) in [7, 11) is 1.86. The lowest BCUT2D eigenvalue weighted by molar-refractivity contribution is -0.906. The van der Waals surface area contributed by atoms with Crippen LogP contribution < -0.4 is 0 Å². The van der Waals surface area contributed by atoms with Gasteiger partial charge in [-0.25, -0.2) is 9.59 Å². The van der Waals surface area contributed by atoms with Crippen molar-refractivity contribution in [2.24, 2.45) is 0 Å². The molecule has 0 atom stereocenters. The molecule has 0 radical (unpaired) electrons. The van der Waals surface area contributed by atoms with Gasteiger partial charge in [-0.1, -0.05) is 0 Å². The third kappa shape index (κ3) is 2.68. The number of carboxylic acid groups (broad SMARTS) is 2. The number of carboxylic acids is 2. The highest BCUT2D eigenvalue weighted by atomic mass is 16.4. The molecule has 80 valence electrons. The number of carbonyl (C=O) groups is 2. The highest BCUT2D eigenvalue weighted by molar-refractivity contribution is 5.70. The van der Waals surface area contributed by atoms with E-state index in [0.29, 0.717) is 13.2 Å². The van der Waals surface area contributed by atoms with Crippen LogP contribution in [0, 0.1) is 0 Å². The van der Waals surface area contributed by atoms with Crippen LogP contribution in [0.4, 0.5) is 0 Å². The third-order valence-electron chi connectivity index (χ3n) is 2.44. The molecule has 0 aromatic heterocycles. The second-order valence-corrected chi connectivity index (χ2v) is 3.89. The van der Waals surface area contributed by atoms with Crippen LogP contribution in [-0.2, 0) is 9.59 Å². The van der Waals surface area contributed by atoms with Gasteiger partial charge in [-0.2, -0.15) is 0 Å². The Bertz CT molecular complexity index is 238. The van der Waals surface area contributed by atoms with Crippen LogP contribution in [0.2, 0.25) is 0 Å². The van der Waals surface area contributed by atoms with Crippen LogP contribution in [0.1, 0.15) is 0 Å². The summed E-state index contributed by atoms with van der Waals surface area (Å²) in [4.78, 5) is 23.2. The lowest BCUT2D eigenvalue weighted by atomic mass is 10.3. The first-order valence-electron chi connectivity index (χ1n) is 4.41. The van der Waals surface area contributed by atoms with Crippen molar-refractivity contribution in [1.29, 1.82) is 0 Å². The summed E-state index contributed by atoms with van der Waals surface area (Å²) in [6.45, 7) is 1.61. The van der Waals surface area contributed by atoms with Crippen molar-refractivity contribution in [2.75, 3.05) is 39.9 Å². The number of rotatable bonds is 4. The molecule has 0 unspecified atom stereocenters. The minimum Gasteiger partial charge on any atom is -0.477 e. The SMILES string of the molecule is CN1CC[N+](CC(=O)O)(CC(=O)O)C1. The van der Waals surface area contributed by atoms with Crippen LogP contribution in [0.15, 0.2) is 0 Å². The number of quaternary nitrogens is 1. The van der Waals surface area contributed by atoms with Gasteiger partial charge in [0.15, 0.2) is 13.1 Å². The topological polar surface area (TPSA) is 77.8 Å². The van der Waals surface area contributed by atoms with Gasteiger partial charge in [-0.15, -0.1) is 0 Å². The van der Waals surface area contributed by atoms with Gasteiger partial charge in [0.1, 0.15) is 6.67 Å². The maximum absolute atomic E-state index is 10.6. The summed E-state index contributed by atoms with van der Waals surface area (Å²) in [6, 6.07) is 0. The number of hydrogen-bond acceptors (Lipinski definition) is 3. The average molecular weight is 203 g/mol. The van der Waals surface area contributed by atoms with Crippen molar-refractivity contribution >= 4 is 11.9 Å². The normalized spacial score (nSPS) is 20.9. The standard InChI is InChI=1S/C8H14N2O4/c1-9-2-3-10(6-9,4-7(11)12)5-8(13)14/h2-6H2,1H3,(H-,11,12,13,14)/p+1. The predicted molar refractivity (Wildman–Crippen MR) is 47.6 cm³/mol. The Labute approximate surface area is 81.9 Å². The first-order chi connectivity index (χ1) is 6.43. The minimum absolute atomic E-state index is 0.114. The maximum Gasteiger partial charge on any atom is 0.359 e. The summed E-state index contributed by atoms with van der Waals surface area (Å²) in [5, 5.41) is 17.4. The molecular formula is C8H15N2O4+. The highest BCUT2D eigenvalue weighted by Gasteiger charge is 2.39. The zero-order chi connectivity index (χ0) is 10.8. The minimum atomic E-state index is -0.943. The Balaban J connectivity index is 2.69. The molecule has 0 aromatic rings. The molecule has 6 nitrogen and oxygen atoms in total. The van der Waals surface area contributed by atoms with E-state index in [0.717, 1.165) is 6.54 Å². The van der Waals surface area contributed by atoms with Gasteiger partial charge >= 0.3 is 11.9 Å². The number of likely N-dealkylation sites (N-methyl/N-ethyl adjacent to an activating group) is 1. The summed E-state index contributed by atoms with van der Waals surface area (Å²) >= 11 is 0. The molecule has 0 spiro atoms. The van der Waals surface area contributed by atoms with E-state index in [9.17, 15) is 9.59 Å². The Morgan fingerprint density at radius 3 is 2.07 bits per heavy atom. The van der Waals surface area contributed by atoms with E-state index in [-0.39, 0.29) is 17.6 Å². The van der Waals surface area contributed by atoms with Crippen LogP contribution in [0.5, 0.6) is 0 Å². The van der Waals surface area contributed by atoms with Crippen LogP contribution >= 0.6 is 0 Å². The van der Waals surface area contributed by atoms with Gasteiger partial charge < -0.3 is 10.2 Å². The molecule has 1 aliphatic heterocycles. The molecule has 0 bridgehead atoms. The first kappa shape index (κ1) is 10.9. The van der Waals surface area contributed by atoms with Gasteiger partial charge in [-0.05, 0) is 7.05 Å². The molecular weight excluding hydrogens is 188 g/mol. The molecule has 0 aliphatic carbocycles. The van der Waals surface area contributed by atoms with Gasteiger partial charge in [0.2, 0.25) is 0 Å². The Morgan fingerprint density at radius 2 is 1.79 bits per heavy atom. The molecule has 2 N–H and O–H groups in total. The maximum atomic E-state index is 10.6. The molecule has 14 heavy (non-hydrogen) atoms. The smallest absolute Gasteiger partial charge is 0.359 e. The Hall–Kier alpha value is -1.14. The summed E-state index contributed by atoms with van der Waals surface area (Å²) in [5.41, 5.74) is 0. The number of nitrogens with zero attached hydrogens (tertiary/aromatic N) is 2. The number of hydrogen-bond donors (Lipinski definition) is 2. The quantitative estimate of drug-likeness (QED) is 0.566. The Morgan fingerprint density at radius 1 is 1.29 bits per heavy atom. The average Bonchev–Trinajstić information content (AvgIpc) is 2.28. The van der Waals surface area contributed by atoms with Crippen LogP contribution in [-0.4, -0.2) is 71.4 Å². The Kier molecular flexibility index (Phi) is 3.07. The molecule has 0 aromatic carbocycles. The third-order valence-corrected chi connectivity index (χ3v) is 2.44. The van der Waals surface area contributed by atoms with Crippen molar-refractivity contribution < 1.29 is 24.3 Å². The van der Waals surface area contributed by atoms with E-state index in [2.05, 4.69) is 0 Å². The summed E-state index contributed by atoms with van der Waals surface area (Å²) < 4.78 is 0.126. The second-order valence-electron chi connectivity index (χ2n) is 3.89. The van der Waals surface area contributed by atoms with Crippen molar-refractivity contribution in [3.63, 3.8) is 0 Å². The van der Waals surface area contributed by atoms with E-state index in [1.165, 1.54) is 0 Å². The molecule has 1 heterocycles. The fourth-order valence-corrected chi connectivity index (χ4v) is 1.92. The highest BCUT2D eigenvalue weighted by Crippen LogP contribution is 2.14. The summed E-state index contributed by atoms with van der Waals surface area (Å²) in [5.74, 6) is -1.89. The van der Waals surface area contributed by atoms with E-state index >= 15 is 0 Å². The van der Waals surface area contributed by atoms with Crippen LogP contribution in [0.3, 0.4) is 0 Å². The van der Waals surface area contributed by atoms with Crippen molar-refractivity contribution in [3.8, 4) is 0 Å². The van der Waals surface area contributed by atoms with Gasteiger partial charge in [-0.3, -0.25) is 9.38 Å². The van der Waals surface area contributed by atoms with E-state index in [1.807, 2.05) is 11.9 Å². The van der Waals surface area contributed by atoms with E-state index in [4.69, 9.17) is 10.2 Å². The van der Waals surface area contributed by atoms with Gasteiger partial charge in [0, 0.05) is 0 Å². The van der Waals surface area contributed by atoms with E-state index in [1.54, 1.807) is 0 Å². The van der Waals surface area contributed by atoms with Crippen molar-refractivity contribution in [2.45, 2.75) is 0 Å². The molecule has 1 aliphatic rings. The lowest BCUT2D eigenvalue weighted by Crippen LogP contribution is -2.53. The molecule has 0 saturated carbocycles. The first-order valence-corrected chi connectivity index (χ1v) is 4.41. The largest absolute Gasteiger partial charge is 0.477 e. The van der Waals surface area contributed by atoms with Crippen molar-refractivity contribution in [1.82, 2.24) is 4.90 Å². The zero-order valence-electron chi connectivity index (χ0n) is 8.14. The molecule has 0 amide bonds. The molecule has 6 heteroatoms. The van der Waals surface area contributed by atoms with Crippen molar-refractivity contribution in [3.05, 3.63) is 0 Å². The van der Waals surface area contributed by atoms with Crippen LogP contribution in [0.25, 0.3) is 0 Å². The monoisotopic (exact) mass is 203 g/mol.